The Morgan fingerprint density at radius 2 is 1.55 bits per heavy atom. The molecule has 0 aliphatic carbocycles. The van der Waals surface area contributed by atoms with Crippen LogP contribution in [0.5, 0.6) is 0 Å². The van der Waals surface area contributed by atoms with E-state index in [-0.39, 0.29) is 0 Å². The van der Waals surface area contributed by atoms with Crippen molar-refractivity contribution in [3.8, 4) is 0 Å². The zero-order chi connectivity index (χ0) is 7.78. The molecule has 11 heavy (non-hydrogen) atoms. The number of hydrogen-bond donors (Lipinski definition) is 0. The molecular formula is C8H16NS2. The van der Waals surface area contributed by atoms with Gasteiger partial charge < -0.3 is 0 Å². The van der Waals surface area contributed by atoms with E-state index in [1.807, 2.05) is 10.8 Å². The fraction of sp³-hybridized carbons (Fsp3) is 1.00. The van der Waals surface area contributed by atoms with Crippen LogP contribution < -0.4 is 4.72 Å². The normalized spacial score (nSPS) is 24.0. The molecule has 1 nitrogen and oxygen atoms in total. The van der Waals surface area contributed by atoms with Crippen LogP contribution in [0.25, 0.3) is 0 Å². The summed E-state index contributed by atoms with van der Waals surface area (Å²) in [5.41, 5.74) is 0. The van der Waals surface area contributed by atoms with Crippen molar-refractivity contribution in [2.45, 2.75) is 38.5 Å². The van der Waals surface area contributed by atoms with Crippen molar-refractivity contribution in [1.82, 2.24) is 4.72 Å². The number of hydrogen-bond acceptors (Lipinski definition) is 2. The molecule has 1 aliphatic rings. The maximum atomic E-state index is 4.35. The summed E-state index contributed by atoms with van der Waals surface area (Å²) in [6.07, 6.45) is 8.35. The van der Waals surface area contributed by atoms with E-state index in [4.69, 9.17) is 0 Å². The second-order valence-corrected chi connectivity index (χ2v) is 5.08. The van der Waals surface area contributed by atoms with Crippen LogP contribution in [0.15, 0.2) is 0 Å². The first-order valence-electron chi connectivity index (χ1n) is 4.45. The Labute approximate surface area is 77.6 Å². The van der Waals surface area contributed by atoms with Crippen LogP contribution in [0.1, 0.15) is 38.5 Å². The third-order valence-electron chi connectivity index (χ3n) is 1.83. The van der Waals surface area contributed by atoms with Gasteiger partial charge in [0.2, 0.25) is 0 Å². The van der Waals surface area contributed by atoms with E-state index in [0.29, 0.717) is 0 Å². The van der Waals surface area contributed by atoms with E-state index in [0.717, 1.165) is 6.54 Å². The molecule has 0 atom stereocenters. The SMILES string of the molecule is C1CCCCSS[N]CCC1. The lowest BCUT2D eigenvalue weighted by Gasteiger charge is -1.97. The third-order valence-corrected chi connectivity index (χ3v) is 3.81. The van der Waals surface area contributed by atoms with Crippen molar-refractivity contribution in [3.63, 3.8) is 0 Å². The predicted molar refractivity (Wildman–Crippen MR) is 54.8 cm³/mol. The molecule has 3 heteroatoms. The van der Waals surface area contributed by atoms with Crippen molar-refractivity contribution in [2.24, 2.45) is 0 Å². The van der Waals surface area contributed by atoms with Crippen LogP contribution in [0.2, 0.25) is 0 Å². The van der Waals surface area contributed by atoms with E-state index < -0.39 is 0 Å². The second kappa shape index (κ2) is 7.32. The largest absolute Gasteiger partial charge is 0.165 e. The van der Waals surface area contributed by atoms with Gasteiger partial charge in [0, 0.05) is 23.3 Å². The third kappa shape index (κ3) is 5.88. The van der Waals surface area contributed by atoms with Gasteiger partial charge in [-0.1, -0.05) is 36.5 Å². The topological polar surface area (TPSA) is 14.1 Å². The predicted octanol–water partition coefficient (Wildman–Crippen LogP) is 3.24. The van der Waals surface area contributed by atoms with E-state index in [1.54, 1.807) is 11.0 Å². The molecule has 0 unspecified atom stereocenters. The van der Waals surface area contributed by atoms with Crippen LogP contribution in [0, 0.1) is 0 Å². The number of nitrogens with zero attached hydrogens (tertiary/aromatic N) is 1. The molecule has 1 aliphatic heterocycles. The Hall–Kier alpha value is 0.660. The summed E-state index contributed by atoms with van der Waals surface area (Å²) in [4.78, 5) is 0. The van der Waals surface area contributed by atoms with Crippen LogP contribution in [0.4, 0.5) is 0 Å². The van der Waals surface area contributed by atoms with Gasteiger partial charge >= 0.3 is 0 Å². The highest BCUT2D eigenvalue weighted by Crippen LogP contribution is 2.22. The van der Waals surface area contributed by atoms with Crippen molar-refractivity contribution >= 4 is 21.8 Å². The first-order chi connectivity index (χ1) is 5.50. The molecule has 0 aromatic carbocycles. The minimum atomic E-state index is 1.07. The van der Waals surface area contributed by atoms with E-state index in [1.165, 1.54) is 44.3 Å². The fourth-order valence-corrected chi connectivity index (χ4v) is 2.86. The highest BCUT2D eigenvalue weighted by molar-refractivity contribution is 8.75. The summed E-state index contributed by atoms with van der Waals surface area (Å²) in [5, 5.41) is 0. The fourth-order valence-electron chi connectivity index (χ4n) is 1.16. The summed E-state index contributed by atoms with van der Waals surface area (Å²) in [6.45, 7) is 1.07. The quantitative estimate of drug-likeness (QED) is 0.430. The summed E-state index contributed by atoms with van der Waals surface area (Å²) in [7, 11) is 3.61. The Bertz CT molecular complexity index is 50.1. The molecule has 65 valence electrons. The van der Waals surface area contributed by atoms with Crippen molar-refractivity contribution in [2.75, 3.05) is 12.3 Å². The van der Waals surface area contributed by atoms with Gasteiger partial charge in [-0.15, -0.1) is 0 Å². The minimum absolute atomic E-state index is 1.07. The van der Waals surface area contributed by atoms with E-state index in [2.05, 4.69) is 4.72 Å². The van der Waals surface area contributed by atoms with Crippen LogP contribution in [0.3, 0.4) is 0 Å². The van der Waals surface area contributed by atoms with Gasteiger partial charge in [-0.25, -0.2) is 0 Å². The molecule has 0 aromatic heterocycles. The van der Waals surface area contributed by atoms with E-state index >= 15 is 0 Å². The molecule has 0 aromatic rings. The summed E-state index contributed by atoms with van der Waals surface area (Å²) < 4.78 is 4.35. The van der Waals surface area contributed by atoms with Crippen LogP contribution in [-0.2, 0) is 0 Å². The molecule has 0 spiro atoms. The lowest BCUT2D eigenvalue weighted by molar-refractivity contribution is 0.608. The standard InChI is InChI=1S/C8H16NS2/c1-2-4-6-8-10-11-9-7-5-3-1/h1-8H2. The van der Waals surface area contributed by atoms with Gasteiger partial charge in [0.05, 0.1) is 0 Å². The molecule has 1 radical (unpaired) electrons. The average molecular weight is 190 g/mol. The molecule has 0 N–H and O–H groups in total. The molecule has 1 fully saturated rings. The first kappa shape index (κ1) is 9.75. The Balaban J connectivity index is 2.02. The molecule has 0 bridgehead atoms. The molecular weight excluding hydrogens is 174 g/mol. The van der Waals surface area contributed by atoms with E-state index in [9.17, 15) is 0 Å². The van der Waals surface area contributed by atoms with Gasteiger partial charge in [0.1, 0.15) is 0 Å². The van der Waals surface area contributed by atoms with Gasteiger partial charge in [0.15, 0.2) is 0 Å². The Kier molecular flexibility index (Phi) is 6.48. The average Bonchev–Trinajstić information content (AvgIpc) is 2.08. The van der Waals surface area contributed by atoms with Gasteiger partial charge in [-0.3, -0.25) is 0 Å². The lowest BCUT2D eigenvalue weighted by Crippen LogP contribution is -1.94. The second-order valence-electron chi connectivity index (χ2n) is 2.87. The minimum Gasteiger partial charge on any atom is -0.165 e. The zero-order valence-corrected chi connectivity index (χ0v) is 8.55. The maximum absolute atomic E-state index is 4.35. The van der Waals surface area contributed by atoms with Crippen LogP contribution in [-0.4, -0.2) is 12.3 Å². The monoisotopic (exact) mass is 190 g/mol. The summed E-state index contributed by atoms with van der Waals surface area (Å²) >= 11 is 0. The smallest absolute Gasteiger partial charge is 0.0265 e. The van der Waals surface area contributed by atoms with Crippen molar-refractivity contribution in [3.05, 3.63) is 0 Å². The molecule has 0 saturated carbocycles. The highest BCUT2D eigenvalue weighted by atomic mass is 33.1. The zero-order valence-electron chi connectivity index (χ0n) is 6.92. The molecule has 1 saturated heterocycles. The molecule has 1 rings (SSSR count). The van der Waals surface area contributed by atoms with Gasteiger partial charge in [-0.2, -0.15) is 4.72 Å². The summed E-state index contributed by atoms with van der Waals surface area (Å²) in [6, 6.07) is 0. The Morgan fingerprint density at radius 3 is 2.45 bits per heavy atom. The highest BCUT2D eigenvalue weighted by Gasteiger charge is 1.96. The summed E-state index contributed by atoms with van der Waals surface area (Å²) in [5.74, 6) is 1.29. The maximum Gasteiger partial charge on any atom is 0.0265 e. The Morgan fingerprint density at radius 1 is 0.818 bits per heavy atom. The van der Waals surface area contributed by atoms with Crippen LogP contribution >= 0.6 is 21.8 Å². The molecule has 1 heterocycles. The lowest BCUT2D eigenvalue weighted by atomic mass is 10.1. The van der Waals surface area contributed by atoms with Crippen molar-refractivity contribution < 1.29 is 0 Å². The van der Waals surface area contributed by atoms with Gasteiger partial charge in [-0.05, 0) is 12.8 Å². The first-order valence-corrected chi connectivity index (χ1v) is 6.73. The van der Waals surface area contributed by atoms with Crippen molar-refractivity contribution in [1.29, 1.82) is 0 Å². The molecule has 0 amide bonds. The number of rotatable bonds is 0. The van der Waals surface area contributed by atoms with Gasteiger partial charge in [0.25, 0.3) is 0 Å².